The number of fused-ring (bicyclic) bond motifs is 1. The maximum absolute atomic E-state index is 13.6. The lowest BCUT2D eigenvalue weighted by Gasteiger charge is -2.21. The summed E-state index contributed by atoms with van der Waals surface area (Å²) in [6.45, 7) is 0.137. The highest BCUT2D eigenvalue weighted by molar-refractivity contribution is 5.97. The molecule has 0 aliphatic carbocycles. The number of para-hydroxylation sites is 2. The average molecular weight is 461 g/mol. The van der Waals surface area contributed by atoms with E-state index in [1.807, 2.05) is 0 Å². The maximum atomic E-state index is 13.6. The van der Waals surface area contributed by atoms with E-state index in [9.17, 15) is 18.4 Å². The van der Waals surface area contributed by atoms with Crippen LogP contribution < -0.4 is 14.8 Å². The summed E-state index contributed by atoms with van der Waals surface area (Å²) >= 11 is 0. The highest BCUT2D eigenvalue weighted by Gasteiger charge is 2.28. The number of nitrogens with zero attached hydrogens (tertiary/aromatic N) is 2. The third kappa shape index (κ3) is 5.39. The van der Waals surface area contributed by atoms with E-state index in [2.05, 4.69) is 10.3 Å². The first-order valence-electron chi connectivity index (χ1n) is 10.2. The number of halogens is 2. The van der Waals surface area contributed by atoms with Gasteiger partial charge in [-0.15, -0.1) is 0 Å². The van der Waals surface area contributed by atoms with Crippen molar-refractivity contribution in [1.82, 2.24) is 14.9 Å². The van der Waals surface area contributed by atoms with Crippen LogP contribution >= 0.6 is 0 Å². The van der Waals surface area contributed by atoms with Crippen molar-refractivity contribution in [2.45, 2.75) is 33.0 Å². The van der Waals surface area contributed by atoms with Crippen LogP contribution in [0.1, 0.15) is 36.6 Å². The summed E-state index contributed by atoms with van der Waals surface area (Å²) in [5, 5.41) is 2.64. The van der Waals surface area contributed by atoms with Crippen molar-refractivity contribution in [1.29, 1.82) is 0 Å². The molecule has 10 heteroatoms. The molecule has 0 fully saturated rings. The highest BCUT2D eigenvalue weighted by Crippen LogP contribution is 2.24. The number of hydrogen-bond acceptors (Lipinski definition) is 6. The van der Waals surface area contributed by atoms with Crippen molar-refractivity contribution in [2.24, 2.45) is 5.92 Å². The summed E-state index contributed by atoms with van der Waals surface area (Å²) in [5.74, 6) is -0.902. The van der Waals surface area contributed by atoms with Crippen LogP contribution in [0.5, 0.6) is 11.5 Å². The SMILES string of the molecule is COc1cc(OC)cc(C(=O)NC(C(=O)OCc2nc3ccccc3n2C(F)F)C(C)C)c1. The van der Waals surface area contributed by atoms with E-state index in [4.69, 9.17) is 14.2 Å². The molecule has 3 rings (SSSR count). The minimum Gasteiger partial charge on any atom is -0.497 e. The van der Waals surface area contributed by atoms with Gasteiger partial charge in [0.15, 0.2) is 5.82 Å². The van der Waals surface area contributed by atoms with Crippen LogP contribution in [0.4, 0.5) is 8.78 Å². The van der Waals surface area contributed by atoms with Crippen LogP contribution in [-0.4, -0.2) is 41.7 Å². The topological polar surface area (TPSA) is 91.7 Å². The van der Waals surface area contributed by atoms with Gasteiger partial charge in [0.05, 0.1) is 25.3 Å². The molecule has 0 bridgehead atoms. The van der Waals surface area contributed by atoms with E-state index in [0.717, 1.165) is 0 Å². The Kier molecular flexibility index (Phi) is 7.47. The highest BCUT2D eigenvalue weighted by atomic mass is 19.3. The summed E-state index contributed by atoms with van der Waals surface area (Å²) in [4.78, 5) is 29.7. The predicted molar refractivity (Wildman–Crippen MR) is 116 cm³/mol. The number of carbonyl (C=O) groups excluding carboxylic acids is 2. The summed E-state index contributed by atoms with van der Waals surface area (Å²) in [5.41, 5.74) is 0.827. The molecule has 3 aromatic rings. The van der Waals surface area contributed by atoms with Crippen LogP contribution in [0, 0.1) is 5.92 Å². The molecule has 2 aromatic carbocycles. The molecule has 1 aromatic heterocycles. The first-order valence-corrected chi connectivity index (χ1v) is 10.2. The van der Waals surface area contributed by atoms with E-state index >= 15 is 0 Å². The van der Waals surface area contributed by atoms with Gasteiger partial charge in [0.25, 0.3) is 5.91 Å². The number of ether oxygens (including phenoxy) is 3. The third-order valence-corrected chi connectivity index (χ3v) is 5.03. The molecular formula is C23H25F2N3O5. The van der Waals surface area contributed by atoms with Crippen molar-refractivity contribution < 1.29 is 32.6 Å². The molecule has 1 N–H and O–H groups in total. The molecule has 176 valence electrons. The van der Waals surface area contributed by atoms with Gasteiger partial charge in [0.1, 0.15) is 24.1 Å². The Morgan fingerprint density at radius 1 is 1.06 bits per heavy atom. The second-order valence-electron chi connectivity index (χ2n) is 7.57. The van der Waals surface area contributed by atoms with E-state index in [1.165, 1.54) is 32.4 Å². The lowest BCUT2D eigenvalue weighted by Crippen LogP contribution is -2.45. The minimum absolute atomic E-state index is 0.0917. The number of hydrogen-bond donors (Lipinski definition) is 1. The molecule has 1 unspecified atom stereocenters. The summed E-state index contributed by atoms with van der Waals surface area (Å²) in [6.07, 6.45) is 0. The fraction of sp³-hybridized carbons (Fsp3) is 0.348. The number of nitrogens with one attached hydrogen (secondary N) is 1. The Morgan fingerprint density at radius 3 is 2.27 bits per heavy atom. The maximum Gasteiger partial charge on any atom is 0.329 e. The van der Waals surface area contributed by atoms with Gasteiger partial charge in [-0.1, -0.05) is 26.0 Å². The molecule has 0 aliphatic heterocycles. The van der Waals surface area contributed by atoms with Gasteiger partial charge in [-0.25, -0.2) is 9.78 Å². The molecule has 33 heavy (non-hydrogen) atoms. The van der Waals surface area contributed by atoms with E-state index < -0.39 is 31.1 Å². The van der Waals surface area contributed by atoms with E-state index in [-0.39, 0.29) is 22.8 Å². The van der Waals surface area contributed by atoms with Crippen molar-refractivity contribution in [3.8, 4) is 11.5 Å². The standard InChI is InChI=1S/C23H25F2N3O5/c1-13(2)20(27-21(29)14-9-15(31-3)11-16(10-14)32-4)22(30)33-12-19-26-17-7-5-6-8-18(17)28(19)23(24)25/h5-11,13,20,23H,12H2,1-4H3,(H,27,29). The minimum atomic E-state index is -2.85. The zero-order valence-electron chi connectivity index (χ0n) is 18.7. The van der Waals surface area contributed by atoms with Gasteiger partial charge in [0, 0.05) is 11.6 Å². The van der Waals surface area contributed by atoms with Crippen LogP contribution in [0.3, 0.4) is 0 Å². The molecule has 0 saturated heterocycles. The fourth-order valence-corrected chi connectivity index (χ4v) is 3.30. The van der Waals surface area contributed by atoms with Crippen LogP contribution in [-0.2, 0) is 16.1 Å². The Morgan fingerprint density at radius 2 is 1.70 bits per heavy atom. The second-order valence-corrected chi connectivity index (χ2v) is 7.57. The summed E-state index contributed by atoms with van der Waals surface area (Å²) in [7, 11) is 2.91. The van der Waals surface area contributed by atoms with Crippen molar-refractivity contribution in [2.75, 3.05) is 14.2 Å². The zero-order chi connectivity index (χ0) is 24.1. The molecule has 0 aliphatic rings. The van der Waals surface area contributed by atoms with Gasteiger partial charge in [0.2, 0.25) is 0 Å². The van der Waals surface area contributed by atoms with Gasteiger partial charge in [-0.05, 0) is 30.2 Å². The Balaban J connectivity index is 1.76. The number of benzene rings is 2. The number of methoxy groups -OCH3 is 2. The molecule has 1 atom stereocenters. The second kappa shape index (κ2) is 10.3. The van der Waals surface area contributed by atoms with Crippen LogP contribution in [0.2, 0.25) is 0 Å². The first kappa shape index (κ1) is 24.0. The quantitative estimate of drug-likeness (QED) is 0.486. The fourth-order valence-electron chi connectivity index (χ4n) is 3.30. The summed E-state index contributed by atoms with van der Waals surface area (Å²) in [6, 6.07) is 10.0. The zero-order valence-corrected chi connectivity index (χ0v) is 18.7. The largest absolute Gasteiger partial charge is 0.497 e. The van der Waals surface area contributed by atoms with Gasteiger partial charge < -0.3 is 19.5 Å². The average Bonchev–Trinajstić information content (AvgIpc) is 3.18. The Bertz CT molecular complexity index is 1120. The number of alkyl halides is 2. The monoisotopic (exact) mass is 461 g/mol. The molecule has 1 amide bonds. The molecule has 0 radical (unpaired) electrons. The third-order valence-electron chi connectivity index (χ3n) is 5.03. The number of carbonyl (C=O) groups is 2. The van der Waals surface area contributed by atoms with Crippen LogP contribution in [0.25, 0.3) is 11.0 Å². The number of amides is 1. The Hall–Kier alpha value is -3.69. The molecule has 1 heterocycles. The normalized spacial score (nSPS) is 12.1. The predicted octanol–water partition coefficient (Wildman–Crippen LogP) is 3.95. The molecule has 0 saturated carbocycles. The van der Waals surface area contributed by atoms with Gasteiger partial charge in [-0.3, -0.25) is 9.36 Å². The molecule has 0 spiro atoms. The van der Waals surface area contributed by atoms with Crippen molar-refractivity contribution >= 4 is 22.9 Å². The van der Waals surface area contributed by atoms with E-state index in [0.29, 0.717) is 21.6 Å². The van der Waals surface area contributed by atoms with Crippen LogP contribution in [0.15, 0.2) is 42.5 Å². The Labute approximate surface area is 189 Å². The number of aromatic nitrogens is 2. The summed E-state index contributed by atoms with van der Waals surface area (Å²) < 4.78 is 43.5. The number of imidazole rings is 1. The first-order chi connectivity index (χ1) is 15.7. The van der Waals surface area contributed by atoms with E-state index in [1.54, 1.807) is 38.1 Å². The van der Waals surface area contributed by atoms with Gasteiger partial charge >= 0.3 is 12.5 Å². The smallest absolute Gasteiger partial charge is 0.329 e. The molecular weight excluding hydrogens is 436 g/mol. The number of esters is 1. The lowest BCUT2D eigenvalue weighted by atomic mass is 10.0. The lowest BCUT2D eigenvalue weighted by molar-refractivity contribution is -0.149. The number of rotatable bonds is 9. The van der Waals surface area contributed by atoms with Crippen molar-refractivity contribution in [3.05, 3.63) is 53.9 Å². The molecule has 8 nitrogen and oxygen atoms in total. The van der Waals surface area contributed by atoms with Crippen molar-refractivity contribution in [3.63, 3.8) is 0 Å². The van der Waals surface area contributed by atoms with Gasteiger partial charge in [-0.2, -0.15) is 8.78 Å².